The average molecular weight is 427 g/mol. The molecule has 1 aliphatic rings. The zero-order valence-electron chi connectivity index (χ0n) is 14.6. The van der Waals surface area contributed by atoms with Gasteiger partial charge in [-0.05, 0) is 24.4 Å². The molecule has 3 rings (SSSR count). The Morgan fingerprint density at radius 1 is 1.15 bits per heavy atom. The molecule has 144 valence electrons. The lowest BCUT2D eigenvalue weighted by molar-refractivity contribution is 0.381. The molecule has 1 aromatic carbocycles. The molecule has 1 aliphatic heterocycles. The molecule has 0 amide bonds. The highest BCUT2D eigenvalue weighted by molar-refractivity contribution is 7.92. The number of piperazine rings is 1. The Morgan fingerprint density at radius 2 is 1.81 bits per heavy atom. The van der Waals surface area contributed by atoms with Crippen molar-refractivity contribution in [2.75, 3.05) is 42.8 Å². The van der Waals surface area contributed by atoms with Crippen LogP contribution in [0.15, 0.2) is 41.6 Å². The van der Waals surface area contributed by atoms with E-state index < -0.39 is 10.0 Å². The predicted molar refractivity (Wildman–Crippen MR) is 110 cm³/mol. The quantitative estimate of drug-likeness (QED) is 0.712. The Kier molecular flexibility index (Phi) is 5.98. The number of anilines is 2. The van der Waals surface area contributed by atoms with Crippen molar-refractivity contribution in [2.45, 2.75) is 4.90 Å². The molecule has 1 saturated heterocycles. The Bertz CT molecular complexity index is 932. The number of aromatic nitrogens is 2. The number of sulfonamides is 1. The summed E-state index contributed by atoms with van der Waals surface area (Å²) >= 11 is 11.3. The fourth-order valence-electron chi connectivity index (χ4n) is 2.76. The highest BCUT2D eigenvalue weighted by Crippen LogP contribution is 2.27. The third-order valence-corrected chi connectivity index (χ3v) is 6.42. The smallest absolute Gasteiger partial charge is 0.264 e. The molecule has 1 fully saturated rings. The third kappa shape index (κ3) is 4.40. The number of rotatable bonds is 4. The lowest BCUT2D eigenvalue weighted by Gasteiger charge is -2.36. The van der Waals surface area contributed by atoms with Crippen LogP contribution in [0, 0.1) is 0 Å². The SMILES string of the molecule is CNC(=S)N1CCN(c2nccnc2NS(=O)(=O)c2ccccc2Cl)CC1. The highest BCUT2D eigenvalue weighted by atomic mass is 35.5. The summed E-state index contributed by atoms with van der Waals surface area (Å²) in [5.41, 5.74) is 0. The number of thiocarbonyl (C=S) groups is 1. The fourth-order valence-corrected chi connectivity index (χ4v) is 4.47. The van der Waals surface area contributed by atoms with E-state index in [1.54, 1.807) is 19.2 Å². The Hall–Kier alpha value is -2.17. The Balaban J connectivity index is 1.81. The van der Waals surface area contributed by atoms with E-state index in [9.17, 15) is 8.42 Å². The van der Waals surface area contributed by atoms with Crippen LogP contribution in [-0.4, -0.2) is 61.6 Å². The van der Waals surface area contributed by atoms with Crippen LogP contribution in [0.4, 0.5) is 11.6 Å². The van der Waals surface area contributed by atoms with Gasteiger partial charge in [-0.15, -0.1) is 0 Å². The van der Waals surface area contributed by atoms with Crippen molar-refractivity contribution in [3.63, 3.8) is 0 Å². The molecule has 0 spiro atoms. The van der Waals surface area contributed by atoms with Crippen LogP contribution in [-0.2, 0) is 10.0 Å². The number of nitrogens with one attached hydrogen (secondary N) is 2. The number of halogens is 1. The molecule has 0 atom stereocenters. The van der Waals surface area contributed by atoms with E-state index in [4.69, 9.17) is 23.8 Å². The van der Waals surface area contributed by atoms with Crippen LogP contribution < -0.4 is 14.9 Å². The molecular weight excluding hydrogens is 408 g/mol. The maximum absolute atomic E-state index is 12.7. The van der Waals surface area contributed by atoms with Crippen molar-refractivity contribution in [1.29, 1.82) is 0 Å². The van der Waals surface area contributed by atoms with E-state index in [0.29, 0.717) is 37.1 Å². The van der Waals surface area contributed by atoms with Gasteiger partial charge in [0.05, 0.1) is 5.02 Å². The molecule has 2 N–H and O–H groups in total. The van der Waals surface area contributed by atoms with E-state index in [1.165, 1.54) is 24.5 Å². The van der Waals surface area contributed by atoms with Gasteiger partial charge in [0.25, 0.3) is 10.0 Å². The van der Waals surface area contributed by atoms with Crippen molar-refractivity contribution < 1.29 is 8.42 Å². The topological polar surface area (TPSA) is 90.5 Å². The maximum Gasteiger partial charge on any atom is 0.264 e. The van der Waals surface area contributed by atoms with Crippen molar-refractivity contribution >= 4 is 50.6 Å². The third-order valence-electron chi connectivity index (χ3n) is 4.12. The van der Waals surface area contributed by atoms with Crippen molar-refractivity contribution in [1.82, 2.24) is 20.2 Å². The first kappa shape index (κ1) is 19.6. The molecule has 0 unspecified atom stereocenters. The van der Waals surface area contributed by atoms with E-state index in [2.05, 4.69) is 24.9 Å². The molecule has 0 saturated carbocycles. The summed E-state index contributed by atoms with van der Waals surface area (Å²) < 4.78 is 28.0. The summed E-state index contributed by atoms with van der Waals surface area (Å²) in [5, 5.41) is 3.79. The molecule has 11 heteroatoms. The second kappa shape index (κ2) is 8.24. The Labute approximate surface area is 168 Å². The van der Waals surface area contributed by atoms with Crippen LogP contribution >= 0.6 is 23.8 Å². The number of hydrogen-bond donors (Lipinski definition) is 2. The van der Waals surface area contributed by atoms with E-state index in [1.807, 2.05) is 4.90 Å². The number of hydrogen-bond acceptors (Lipinski definition) is 6. The monoisotopic (exact) mass is 426 g/mol. The summed E-state index contributed by atoms with van der Waals surface area (Å²) in [4.78, 5) is 12.5. The van der Waals surface area contributed by atoms with Gasteiger partial charge >= 0.3 is 0 Å². The largest absolute Gasteiger partial charge is 0.366 e. The molecule has 27 heavy (non-hydrogen) atoms. The summed E-state index contributed by atoms with van der Waals surface area (Å²) in [6, 6.07) is 6.25. The van der Waals surface area contributed by atoms with Crippen molar-refractivity contribution in [3.05, 3.63) is 41.7 Å². The van der Waals surface area contributed by atoms with Crippen LogP contribution in [0.25, 0.3) is 0 Å². The van der Waals surface area contributed by atoms with Crippen molar-refractivity contribution in [3.8, 4) is 0 Å². The summed E-state index contributed by atoms with van der Waals surface area (Å²) in [7, 11) is -2.09. The van der Waals surface area contributed by atoms with Gasteiger partial charge in [-0.25, -0.2) is 18.4 Å². The molecule has 0 radical (unpaired) electrons. The van der Waals surface area contributed by atoms with Gasteiger partial charge in [0.15, 0.2) is 16.7 Å². The van der Waals surface area contributed by atoms with Gasteiger partial charge in [-0.3, -0.25) is 4.72 Å². The second-order valence-electron chi connectivity index (χ2n) is 5.79. The molecule has 2 aromatic rings. The standard InChI is InChI=1S/C16H19ClN6O2S2/c1-18-16(26)23-10-8-22(9-11-23)15-14(19-6-7-20-15)21-27(24,25)13-5-3-2-4-12(13)17/h2-7H,8-11H2,1H3,(H,18,26)(H,19,21). The molecule has 1 aromatic heterocycles. The number of nitrogens with zero attached hydrogens (tertiary/aromatic N) is 4. The lowest BCUT2D eigenvalue weighted by atomic mass is 10.3. The first-order valence-electron chi connectivity index (χ1n) is 8.22. The highest BCUT2D eigenvalue weighted by Gasteiger charge is 2.25. The molecule has 8 nitrogen and oxygen atoms in total. The zero-order chi connectivity index (χ0) is 19.4. The first-order chi connectivity index (χ1) is 12.9. The maximum atomic E-state index is 12.7. The summed E-state index contributed by atoms with van der Waals surface area (Å²) in [6.45, 7) is 2.68. The van der Waals surface area contributed by atoms with Crippen molar-refractivity contribution in [2.24, 2.45) is 0 Å². The van der Waals surface area contributed by atoms with Gasteiger partial charge in [-0.1, -0.05) is 23.7 Å². The van der Waals surface area contributed by atoms with Crippen LogP contribution in [0.3, 0.4) is 0 Å². The fraction of sp³-hybridized carbons (Fsp3) is 0.312. The Morgan fingerprint density at radius 3 is 2.48 bits per heavy atom. The molecule has 2 heterocycles. The summed E-state index contributed by atoms with van der Waals surface area (Å²) in [6.07, 6.45) is 2.98. The van der Waals surface area contributed by atoms with Crippen LogP contribution in [0.5, 0.6) is 0 Å². The molecule has 0 bridgehead atoms. The number of benzene rings is 1. The van der Waals surface area contributed by atoms with Gasteiger partial charge in [0, 0.05) is 45.6 Å². The first-order valence-corrected chi connectivity index (χ1v) is 10.5. The minimum atomic E-state index is -3.89. The van der Waals surface area contributed by atoms with E-state index in [0.717, 1.165) is 0 Å². The van der Waals surface area contributed by atoms with Gasteiger partial charge in [0.1, 0.15) is 4.90 Å². The zero-order valence-corrected chi connectivity index (χ0v) is 17.0. The van der Waals surface area contributed by atoms with E-state index >= 15 is 0 Å². The van der Waals surface area contributed by atoms with Gasteiger partial charge in [-0.2, -0.15) is 0 Å². The normalized spacial score (nSPS) is 14.7. The molecule has 0 aliphatic carbocycles. The minimum Gasteiger partial charge on any atom is -0.366 e. The second-order valence-corrected chi connectivity index (χ2v) is 8.24. The van der Waals surface area contributed by atoms with Gasteiger partial charge < -0.3 is 15.1 Å². The average Bonchev–Trinajstić information content (AvgIpc) is 2.68. The molecular formula is C16H19ClN6O2S2. The van der Waals surface area contributed by atoms with Gasteiger partial charge in [0.2, 0.25) is 0 Å². The van der Waals surface area contributed by atoms with Crippen LogP contribution in [0.2, 0.25) is 5.02 Å². The lowest BCUT2D eigenvalue weighted by Crippen LogP contribution is -2.51. The summed E-state index contributed by atoms with van der Waals surface area (Å²) in [5.74, 6) is 0.644. The predicted octanol–water partition coefficient (Wildman–Crippen LogP) is 1.56. The van der Waals surface area contributed by atoms with Crippen LogP contribution in [0.1, 0.15) is 0 Å². The minimum absolute atomic E-state index is 0.00698. The van der Waals surface area contributed by atoms with E-state index in [-0.39, 0.29) is 15.7 Å².